The molecule has 2 aromatic rings. The topological polar surface area (TPSA) is 91.0 Å². The fourth-order valence-electron chi connectivity index (χ4n) is 6.15. The highest BCUT2D eigenvalue weighted by Crippen LogP contribution is 2.58. The van der Waals surface area contributed by atoms with E-state index in [4.69, 9.17) is 9.84 Å². The third kappa shape index (κ3) is 3.14. The van der Waals surface area contributed by atoms with Gasteiger partial charge in [0, 0.05) is 25.4 Å². The summed E-state index contributed by atoms with van der Waals surface area (Å²) >= 11 is 0. The van der Waals surface area contributed by atoms with E-state index < -0.39 is 5.97 Å². The van der Waals surface area contributed by atoms with E-state index in [2.05, 4.69) is 15.1 Å². The van der Waals surface area contributed by atoms with Gasteiger partial charge in [-0.05, 0) is 63.2 Å². The van der Waals surface area contributed by atoms with Crippen molar-refractivity contribution in [2.45, 2.75) is 51.0 Å². The maximum absolute atomic E-state index is 12.6. The van der Waals surface area contributed by atoms with Crippen molar-refractivity contribution in [2.24, 2.45) is 24.8 Å². The fraction of sp³-hybridized carbons (Fsp3) is 0.619. The summed E-state index contributed by atoms with van der Waals surface area (Å²) in [6.45, 7) is 2.01. The van der Waals surface area contributed by atoms with E-state index in [1.54, 1.807) is 14.0 Å². The number of nitrogens with zero attached hydrogens (tertiary/aromatic N) is 4. The molecule has 0 saturated heterocycles. The second kappa shape index (κ2) is 6.71. The average Bonchev–Trinajstić information content (AvgIpc) is 3.28. The zero-order valence-corrected chi connectivity index (χ0v) is 16.9. The van der Waals surface area contributed by atoms with E-state index >= 15 is 0 Å². The Kier molecular flexibility index (Phi) is 4.26. The summed E-state index contributed by atoms with van der Waals surface area (Å²) in [5.74, 6) is 2.14. The maximum Gasteiger partial charge on any atom is 0.356 e. The number of anilines is 1. The number of hydrogen-bond donors (Lipinski definition) is 1. The third-order valence-electron chi connectivity index (χ3n) is 6.92. The summed E-state index contributed by atoms with van der Waals surface area (Å²) in [6, 6.07) is 3.30. The molecular formula is C21H27N5O3. The smallest absolute Gasteiger partial charge is 0.356 e. The number of aromatic nitrogens is 4. The van der Waals surface area contributed by atoms with E-state index in [-0.39, 0.29) is 29.4 Å². The molecule has 0 radical (unpaired) electrons. The van der Waals surface area contributed by atoms with Crippen molar-refractivity contribution in [1.29, 1.82) is 0 Å². The lowest BCUT2D eigenvalue weighted by molar-refractivity contribution is -0.0492. The van der Waals surface area contributed by atoms with Crippen LogP contribution in [-0.2, 0) is 17.3 Å². The second-order valence-corrected chi connectivity index (χ2v) is 9.00. The molecule has 29 heavy (non-hydrogen) atoms. The van der Waals surface area contributed by atoms with Crippen molar-refractivity contribution in [3.05, 3.63) is 29.7 Å². The second-order valence-electron chi connectivity index (χ2n) is 9.00. The predicted octanol–water partition coefficient (Wildman–Crippen LogP) is 2.97. The number of carbonyl (C=O) groups excluding carboxylic acids is 2. The minimum atomic E-state index is -0.493. The zero-order chi connectivity index (χ0) is 20.2. The van der Waals surface area contributed by atoms with E-state index in [1.807, 2.05) is 12.3 Å². The molecule has 4 aliphatic carbocycles. The van der Waals surface area contributed by atoms with Crippen LogP contribution in [-0.4, -0.2) is 38.0 Å². The Morgan fingerprint density at radius 1 is 1.17 bits per heavy atom. The first-order valence-electron chi connectivity index (χ1n) is 10.5. The van der Waals surface area contributed by atoms with Crippen LogP contribution < -0.4 is 5.32 Å². The minimum Gasteiger partial charge on any atom is -0.461 e. The quantitative estimate of drug-likeness (QED) is 0.783. The molecule has 8 heteroatoms. The molecule has 4 saturated carbocycles. The summed E-state index contributed by atoms with van der Waals surface area (Å²) in [5, 5.41) is 11.7. The van der Waals surface area contributed by atoms with Crippen LogP contribution in [0, 0.1) is 17.8 Å². The van der Waals surface area contributed by atoms with Crippen LogP contribution in [0.1, 0.15) is 66.4 Å². The summed E-state index contributed by atoms with van der Waals surface area (Å²) in [6.07, 6.45) is 9.77. The number of nitrogens with one attached hydrogen (secondary N) is 1. The first kappa shape index (κ1) is 18.4. The average molecular weight is 397 g/mol. The standard InChI is InChI=1S/C21H27N5O3/c1-3-29-20(28)17-9-16(23-25(17)2)19(27)22-18-4-5-26(24-18)21-10-13-6-14(11-21)8-15(7-13)12-21/h4-5,9,13-15H,3,6-8,10-12H2,1-2H3,(H,22,24,27). The van der Waals surface area contributed by atoms with Gasteiger partial charge in [-0.15, -0.1) is 0 Å². The number of rotatable bonds is 5. The minimum absolute atomic E-state index is 0.125. The Balaban J connectivity index is 1.31. The Bertz CT molecular complexity index is 924. The molecule has 2 aromatic heterocycles. The van der Waals surface area contributed by atoms with Crippen molar-refractivity contribution in [3.8, 4) is 0 Å². The fourth-order valence-corrected chi connectivity index (χ4v) is 6.15. The van der Waals surface area contributed by atoms with Crippen molar-refractivity contribution < 1.29 is 14.3 Å². The molecular weight excluding hydrogens is 370 g/mol. The molecule has 4 bridgehead atoms. The molecule has 8 nitrogen and oxygen atoms in total. The molecule has 6 rings (SSSR count). The molecule has 0 atom stereocenters. The Morgan fingerprint density at radius 3 is 2.45 bits per heavy atom. The number of carbonyl (C=O) groups is 2. The monoisotopic (exact) mass is 397 g/mol. The predicted molar refractivity (Wildman–Crippen MR) is 105 cm³/mol. The number of esters is 1. The number of ether oxygens (including phenoxy) is 1. The summed E-state index contributed by atoms with van der Waals surface area (Å²) in [4.78, 5) is 24.6. The lowest BCUT2D eigenvalue weighted by atomic mass is 9.53. The molecule has 154 valence electrons. The van der Waals surface area contributed by atoms with Crippen molar-refractivity contribution in [3.63, 3.8) is 0 Å². The zero-order valence-electron chi connectivity index (χ0n) is 16.9. The normalized spacial score (nSPS) is 29.8. The van der Waals surface area contributed by atoms with Crippen LogP contribution >= 0.6 is 0 Å². The van der Waals surface area contributed by atoms with Gasteiger partial charge >= 0.3 is 5.97 Å². The first-order chi connectivity index (χ1) is 14.0. The molecule has 0 aromatic carbocycles. The molecule has 2 heterocycles. The van der Waals surface area contributed by atoms with Crippen LogP contribution in [0.25, 0.3) is 0 Å². The van der Waals surface area contributed by atoms with Gasteiger partial charge in [0.25, 0.3) is 5.91 Å². The number of hydrogen-bond acceptors (Lipinski definition) is 5. The maximum atomic E-state index is 12.6. The SMILES string of the molecule is CCOC(=O)c1cc(C(=O)Nc2ccn(C34CC5CC(CC(C5)C3)C4)n2)nn1C. The van der Waals surface area contributed by atoms with Gasteiger partial charge in [-0.3, -0.25) is 14.2 Å². The molecule has 0 spiro atoms. The largest absolute Gasteiger partial charge is 0.461 e. The van der Waals surface area contributed by atoms with Gasteiger partial charge in [0.15, 0.2) is 11.5 Å². The van der Waals surface area contributed by atoms with E-state index in [0.717, 1.165) is 17.8 Å². The van der Waals surface area contributed by atoms with Gasteiger partial charge < -0.3 is 10.1 Å². The summed E-state index contributed by atoms with van der Waals surface area (Å²) < 4.78 is 8.46. The molecule has 0 unspecified atom stereocenters. The Morgan fingerprint density at radius 2 is 1.83 bits per heavy atom. The van der Waals surface area contributed by atoms with E-state index in [9.17, 15) is 9.59 Å². The van der Waals surface area contributed by atoms with Crippen LogP contribution in [0.3, 0.4) is 0 Å². The van der Waals surface area contributed by atoms with Crippen molar-refractivity contribution in [2.75, 3.05) is 11.9 Å². The highest BCUT2D eigenvalue weighted by atomic mass is 16.5. The van der Waals surface area contributed by atoms with Gasteiger partial charge in [0.2, 0.25) is 0 Å². The third-order valence-corrected chi connectivity index (χ3v) is 6.92. The molecule has 0 aliphatic heterocycles. The van der Waals surface area contributed by atoms with Crippen molar-refractivity contribution in [1.82, 2.24) is 19.6 Å². The van der Waals surface area contributed by atoms with Gasteiger partial charge in [-0.1, -0.05) is 0 Å². The highest BCUT2D eigenvalue weighted by Gasteiger charge is 2.52. The lowest BCUT2D eigenvalue weighted by Gasteiger charge is -2.56. The van der Waals surface area contributed by atoms with Gasteiger partial charge in [0.05, 0.1) is 12.1 Å². The summed E-state index contributed by atoms with van der Waals surface area (Å²) in [7, 11) is 1.62. The van der Waals surface area contributed by atoms with Crippen LogP contribution in [0.2, 0.25) is 0 Å². The number of amides is 1. The molecule has 4 aliphatic rings. The molecule has 1 amide bonds. The van der Waals surface area contributed by atoms with E-state index in [0.29, 0.717) is 5.82 Å². The van der Waals surface area contributed by atoms with Crippen LogP contribution in [0.5, 0.6) is 0 Å². The molecule has 4 fully saturated rings. The van der Waals surface area contributed by atoms with Crippen LogP contribution in [0.4, 0.5) is 5.82 Å². The Hall–Kier alpha value is -2.64. The number of aryl methyl sites for hydroxylation is 1. The van der Waals surface area contributed by atoms with Gasteiger partial charge in [0.1, 0.15) is 5.69 Å². The lowest BCUT2D eigenvalue weighted by Crippen LogP contribution is -2.52. The molecule has 1 N–H and O–H groups in total. The summed E-state index contributed by atoms with van der Waals surface area (Å²) in [5.41, 5.74) is 0.538. The first-order valence-corrected chi connectivity index (χ1v) is 10.5. The van der Waals surface area contributed by atoms with E-state index in [1.165, 1.54) is 49.3 Å². The van der Waals surface area contributed by atoms with Gasteiger partial charge in [-0.25, -0.2) is 4.79 Å². The van der Waals surface area contributed by atoms with Crippen LogP contribution in [0.15, 0.2) is 18.3 Å². The Labute approximate surface area is 169 Å². The highest BCUT2D eigenvalue weighted by molar-refractivity contribution is 6.03. The van der Waals surface area contributed by atoms with Crippen molar-refractivity contribution >= 4 is 17.7 Å². The van der Waals surface area contributed by atoms with Gasteiger partial charge in [-0.2, -0.15) is 10.2 Å².